The molecule has 3 nitrogen and oxygen atoms in total. The van der Waals surface area contributed by atoms with Crippen LogP contribution in [-0.2, 0) is 0 Å². The highest BCUT2D eigenvalue weighted by Gasteiger charge is 2.13. The highest BCUT2D eigenvalue weighted by Crippen LogP contribution is 2.25. The van der Waals surface area contributed by atoms with E-state index < -0.39 is 0 Å². The van der Waals surface area contributed by atoms with Gasteiger partial charge in [0.1, 0.15) is 5.69 Å². The van der Waals surface area contributed by atoms with Crippen LogP contribution in [0.5, 0.6) is 0 Å². The first kappa shape index (κ1) is 12.8. The minimum Gasteiger partial charge on any atom is -0.359 e. The van der Waals surface area contributed by atoms with Crippen molar-refractivity contribution >= 4 is 0 Å². The van der Waals surface area contributed by atoms with Gasteiger partial charge in [-0.2, -0.15) is 0 Å². The van der Waals surface area contributed by atoms with E-state index >= 15 is 0 Å². The second-order valence-corrected chi connectivity index (χ2v) is 4.81. The summed E-state index contributed by atoms with van der Waals surface area (Å²) in [4.78, 5) is 0. The van der Waals surface area contributed by atoms with Crippen LogP contribution in [-0.4, -0.2) is 5.16 Å². The van der Waals surface area contributed by atoms with E-state index in [0.717, 1.165) is 29.9 Å². The fourth-order valence-electron chi connectivity index (χ4n) is 1.95. The van der Waals surface area contributed by atoms with E-state index in [-0.39, 0.29) is 6.04 Å². The molecular formula is C15H20N2O. The molecule has 1 aromatic carbocycles. The van der Waals surface area contributed by atoms with Crippen LogP contribution in [0.15, 0.2) is 28.8 Å². The summed E-state index contributed by atoms with van der Waals surface area (Å²) in [6.07, 6.45) is 1.96. The molecule has 0 aliphatic heterocycles. The maximum atomic E-state index is 6.02. The molecule has 0 spiro atoms. The predicted octanol–water partition coefficient (Wildman–Crippen LogP) is 3.76. The Bertz CT molecular complexity index is 531. The zero-order valence-corrected chi connectivity index (χ0v) is 11.2. The molecule has 1 heterocycles. The lowest BCUT2D eigenvalue weighted by molar-refractivity contribution is 0.356. The Morgan fingerprint density at radius 3 is 2.67 bits per heavy atom. The Hall–Kier alpha value is -1.61. The smallest absolute Gasteiger partial charge is 0.154 e. The van der Waals surface area contributed by atoms with Crippen molar-refractivity contribution in [3.63, 3.8) is 0 Å². The quantitative estimate of drug-likeness (QED) is 0.891. The average Bonchev–Trinajstić information content (AvgIpc) is 2.82. The van der Waals surface area contributed by atoms with Crippen molar-refractivity contribution in [2.24, 2.45) is 5.73 Å². The maximum Gasteiger partial charge on any atom is 0.154 e. The molecule has 0 aliphatic carbocycles. The summed E-state index contributed by atoms with van der Waals surface area (Å²) in [7, 11) is 0. The fraction of sp³-hybridized carbons (Fsp3) is 0.400. The van der Waals surface area contributed by atoms with Crippen LogP contribution < -0.4 is 5.73 Å². The normalized spacial score (nSPS) is 12.7. The molecule has 18 heavy (non-hydrogen) atoms. The van der Waals surface area contributed by atoms with E-state index in [2.05, 4.69) is 44.1 Å². The molecule has 96 valence electrons. The monoisotopic (exact) mass is 244 g/mol. The lowest BCUT2D eigenvalue weighted by Gasteiger charge is -2.03. The Kier molecular flexibility index (Phi) is 3.82. The molecule has 0 radical (unpaired) electrons. The van der Waals surface area contributed by atoms with Gasteiger partial charge in [-0.05, 0) is 37.5 Å². The summed E-state index contributed by atoms with van der Waals surface area (Å²) in [6, 6.07) is 8.19. The average molecular weight is 244 g/mol. The number of aryl methyl sites for hydroxylation is 2. The van der Waals surface area contributed by atoms with E-state index in [0.29, 0.717) is 0 Å². The van der Waals surface area contributed by atoms with Crippen molar-refractivity contribution in [1.82, 2.24) is 5.16 Å². The molecule has 1 aromatic heterocycles. The largest absolute Gasteiger partial charge is 0.359 e. The summed E-state index contributed by atoms with van der Waals surface area (Å²) in [5.41, 5.74) is 10.5. The number of nitrogens with two attached hydrogens (primary N) is 1. The molecule has 0 saturated carbocycles. The number of rotatable bonds is 4. The molecule has 0 bridgehead atoms. The van der Waals surface area contributed by atoms with E-state index in [9.17, 15) is 0 Å². The molecule has 0 aliphatic rings. The molecule has 2 aromatic rings. The second kappa shape index (κ2) is 5.36. The summed E-state index contributed by atoms with van der Waals surface area (Å²) in [5, 5.41) is 4.11. The molecule has 2 rings (SSSR count). The summed E-state index contributed by atoms with van der Waals surface area (Å²) in [5.74, 6) is 0.769. The van der Waals surface area contributed by atoms with Crippen molar-refractivity contribution in [2.45, 2.75) is 39.7 Å². The zero-order chi connectivity index (χ0) is 13.1. The van der Waals surface area contributed by atoms with Gasteiger partial charge < -0.3 is 10.3 Å². The lowest BCUT2D eigenvalue weighted by atomic mass is 10.0. The van der Waals surface area contributed by atoms with Gasteiger partial charge >= 0.3 is 0 Å². The van der Waals surface area contributed by atoms with E-state index in [1.54, 1.807) is 0 Å². The molecule has 2 N–H and O–H groups in total. The maximum absolute atomic E-state index is 6.02. The Morgan fingerprint density at radius 2 is 2.00 bits per heavy atom. The summed E-state index contributed by atoms with van der Waals surface area (Å²) < 4.78 is 5.33. The SMILES string of the molecule is CCCC(N)c1cc(-c2ccc(C)c(C)c2)no1. The first-order valence-corrected chi connectivity index (χ1v) is 6.41. The number of aromatic nitrogens is 1. The van der Waals surface area contributed by atoms with Gasteiger partial charge in [-0.1, -0.05) is 30.6 Å². The molecule has 0 amide bonds. The summed E-state index contributed by atoms with van der Waals surface area (Å²) in [6.45, 7) is 6.31. The number of nitrogens with zero attached hydrogens (tertiary/aromatic N) is 1. The van der Waals surface area contributed by atoms with Crippen LogP contribution in [0, 0.1) is 13.8 Å². The molecule has 0 saturated heterocycles. The fourth-order valence-corrected chi connectivity index (χ4v) is 1.95. The van der Waals surface area contributed by atoms with Gasteiger partial charge in [0.15, 0.2) is 5.76 Å². The Morgan fingerprint density at radius 1 is 1.22 bits per heavy atom. The van der Waals surface area contributed by atoms with E-state index in [4.69, 9.17) is 10.3 Å². The first-order valence-electron chi connectivity index (χ1n) is 6.41. The van der Waals surface area contributed by atoms with Gasteiger partial charge in [-0.25, -0.2) is 0 Å². The molecule has 3 heteroatoms. The van der Waals surface area contributed by atoms with Crippen LogP contribution in [0.25, 0.3) is 11.3 Å². The van der Waals surface area contributed by atoms with Gasteiger partial charge in [0, 0.05) is 11.6 Å². The first-order chi connectivity index (χ1) is 8.61. The van der Waals surface area contributed by atoms with Crippen LogP contribution in [0.3, 0.4) is 0 Å². The highest BCUT2D eigenvalue weighted by atomic mass is 16.5. The lowest BCUT2D eigenvalue weighted by Crippen LogP contribution is -2.08. The van der Waals surface area contributed by atoms with E-state index in [1.165, 1.54) is 11.1 Å². The standard InChI is InChI=1S/C15H20N2O/c1-4-5-13(16)15-9-14(17-18-15)12-7-6-10(2)11(3)8-12/h6-9,13H,4-5,16H2,1-3H3. The van der Waals surface area contributed by atoms with Crippen LogP contribution in [0.2, 0.25) is 0 Å². The van der Waals surface area contributed by atoms with Crippen molar-refractivity contribution in [1.29, 1.82) is 0 Å². The number of hydrogen-bond donors (Lipinski definition) is 1. The van der Waals surface area contributed by atoms with Gasteiger partial charge in [0.25, 0.3) is 0 Å². The number of benzene rings is 1. The van der Waals surface area contributed by atoms with Gasteiger partial charge in [-0.3, -0.25) is 0 Å². The third-order valence-electron chi connectivity index (χ3n) is 3.30. The second-order valence-electron chi connectivity index (χ2n) is 4.81. The zero-order valence-electron chi connectivity index (χ0n) is 11.2. The minimum atomic E-state index is -0.0530. The van der Waals surface area contributed by atoms with Crippen molar-refractivity contribution < 1.29 is 4.52 Å². The molecule has 1 unspecified atom stereocenters. The van der Waals surface area contributed by atoms with E-state index in [1.807, 2.05) is 6.07 Å². The highest BCUT2D eigenvalue weighted by molar-refractivity contribution is 5.60. The van der Waals surface area contributed by atoms with Gasteiger partial charge in [0.2, 0.25) is 0 Å². The Balaban J connectivity index is 2.26. The summed E-state index contributed by atoms with van der Waals surface area (Å²) >= 11 is 0. The topological polar surface area (TPSA) is 52.0 Å². The molecule has 0 fully saturated rings. The van der Waals surface area contributed by atoms with Crippen molar-refractivity contribution in [3.8, 4) is 11.3 Å². The molecule has 1 atom stereocenters. The van der Waals surface area contributed by atoms with Crippen molar-refractivity contribution in [3.05, 3.63) is 41.2 Å². The van der Waals surface area contributed by atoms with Gasteiger partial charge in [-0.15, -0.1) is 0 Å². The third-order valence-corrected chi connectivity index (χ3v) is 3.30. The van der Waals surface area contributed by atoms with Crippen LogP contribution >= 0.6 is 0 Å². The third kappa shape index (κ3) is 2.62. The molecular weight excluding hydrogens is 224 g/mol. The van der Waals surface area contributed by atoms with Crippen LogP contribution in [0.1, 0.15) is 42.7 Å². The predicted molar refractivity (Wildman–Crippen MR) is 73.2 cm³/mol. The number of hydrogen-bond acceptors (Lipinski definition) is 3. The Labute approximate surface area is 108 Å². The van der Waals surface area contributed by atoms with Gasteiger partial charge in [0.05, 0.1) is 6.04 Å². The van der Waals surface area contributed by atoms with Crippen LogP contribution in [0.4, 0.5) is 0 Å². The van der Waals surface area contributed by atoms with Crippen molar-refractivity contribution in [2.75, 3.05) is 0 Å². The minimum absolute atomic E-state index is 0.0530.